The molecule has 0 aliphatic carbocycles. The van der Waals surface area contributed by atoms with Gasteiger partial charge in [-0.25, -0.2) is 0 Å². The molecule has 1 saturated heterocycles. The Hall–Kier alpha value is -1.76. The SMILES string of the molecule is Cc1cc(O)c(CN2CCC(C(=O)NCC(F)(F)F)CC2)cc1C. The third-order valence-electron chi connectivity index (χ3n) is 4.51. The lowest BCUT2D eigenvalue weighted by atomic mass is 9.95. The van der Waals surface area contributed by atoms with Gasteiger partial charge in [-0.15, -0.1) is 0 Å². The van der Waals surface area contributed by atoms with Crippen LogP contribution in [0.3, 0.4) is 0 Å². The van der Waals surface area contributed by atoms with E-state index < -0.39 is 18.6 Å². The third-order valence-corrected chi connectivity index (χ3v) is 4.51. The molecule has 2 rings (SSSR count). The van der Waals surface area contributed by atoms with Crippen LogP contribution in [-0.4, -0.2) is 41.7 Å². The number of hydrogen-bond acceptors (Lipinski definition) is 3. The van der Waals surface area contributed by atoms with Gasteiger partial charge >= 0.3 is 6.18 Å². The smallest absolute Gasteiger partial charge is 0.405 e. The molecular weight excluding hydrogens is 321 g/mol. The van der Waals surface area contributed by atoms with Gasteiger partial charge in [0, 0.05) is 18.0 Å². The second kappa shape index (κ2) is 7.42. The van der Waals surface area contributed by atoms with Crippen LogP contribution in [0, 0.1) is 19.8 Å². The van der Waals surface area contributed by atoms with Gasteiger partial charge in [-0.1, -0.05) is 6.07 Å². The number of aryl methyl sites for hydroxylation is 2. The van der Waals surface area contributed by atoms with Crippen molar-refractivity contribution in [2.75, 3.05) is 19.6 Å². The Morgan fingerprint density at radius 1 is 1.25 bits per heavy atom. The number of likely N-dealkylation sites (tertiary alicyclic amines) is 1. The van der Waals surface area contributed by atoms with Gasteiger partial charge in [-0.2, -0.15) is 13.2 Å². The Bertz CT molecular complexity index is 594. The summed E-state index contributed by atoms with van der Waals surface area (Å²) in [7, 11) is 0. The summed E-state index contributed by atoms with van der Waals surface area (Å²) in [6, 6.07) is 3.69. The molecule has 0 spiro atoms. The number of halogens is 3. The normalized spacial score (nSPS) is 17.0. The molecule has 0 bridgehead atoms. The lowest BCUT2D eigenvalue weighted by Gasteiger charge is -2.31. The largest absolute Gasteiger partial charge is 0.508 e. The summed E-state index contributed by atoms with van der Waals surface area (Å²) in [5.41, 5.74) is 2.96. The van der Waals surface area contributed by atoms with Crippen molar-refractivity contribution in [2.24, 2.45) is 5.92 Å². The van der Waals surface area contributed by atoms with Gasteiger partial charge < -0.3 is 10.4 Å². The monoisotopic (exact) mass is 344 g/mol. The fourth-order valence-corrected chi connectivity index (χ4v) is 2.91. The summed E-state index contributed by atoms with van der Waals surface area (Å²) < 4.78 is 36.4. The molecule has 1 amide bonds. The molecule has 0 saturated carbocycles. The molecule has 1 aromatic rings. The highest BCUT2D eigenvalue weighted by Crippen LogP contribution is 2.26. The van der Waals surface area contributed by atoms with Crippen molar-refractivity contribution in [3.63, 3.8) is 0 Å². The summed E-state index contributed by atoms with van der Waals surface area (Å²) >= 11 is 0. The van der Waals surface area contributed by atoms with Crippen LogP contribution < -0.4 is 5.32 Å². The quantitative estimate of drug-likeness (QED) is 0.883. The fraction of sp³-hybridized carbons (Fsp3) is 0.588. The highest BCUT2D eigenvalue weighted by Gasteiger charge is 2.31. The Kier molecular flexibility index (Phi) is 5.74. The molecule has 4 nitrogen and oxygen atoms in total. The van der Waals surface area contributed by atoms with E-state index in [0.29, 0.717) is 32.5 Å². The van der Waals surface area contributed by atoms with Gasteiger partial charge in [0.2, 0.25) is 5.91 Å². The second-order valence-electron chi connectivity index (χ2n) is 6.45. The number of phenolic OH excluding ortho intramolecular Hbond substituents is 1. The van der Waals surface area contributed by atoms with E-state index in [1.807, 2.05) is 25.2 Å². The van der Waals surface area contributed by atoms with Gasteiger partial charge in [-0.3, -0.25) is 9.69 Å². The average molecular weight is 344 g/mol. The number of nitrogens with zero attached hydrogens (tertiary/aromatic N) is 1. The standard InChI is InChI=1S/C17H23F3N2O2/c1-11-7-14(15(23)8-12(11)2)9-22-5-3-13(4-6-22)16(24)21-10-17(18,19)20/h7-8,13,23H,3-6,9-10H2,1-2H3,(H,21,24). The first-order chi connectivity index (χ1) is 11.2. The molecule has 0 unspecified atom stereocenters. The Morgan fingerprint density at radius 2 is 1.83 bits per heavy atom. The Balaban J connectivity index is 1.85. The lowest BCUT2D eigenvalue weighted by molar-refractivity contribution is -0.141. The van der Waals surface area contributed by atoms with Crippen LogP contribution in [0.2, 0.25) is 0 Å². The number of amides is 1. The molecule has 0 radical (unpaired) electrons. The Labute approximate surface area is 139 Å². The number of carbonyl (C=O) groups is 1. The van der Waals surface area contributed by atoms with Crippen LogP contribution in [0.5, 0.6) is 5.75 Å². The first-order valence-electron chi connectivity index (χ1n) is 8.01. The molecule has 0 aromatic heterocycles. The van der Waals surface area contributed by atoms with Crippen LogP contribution in [0.25, 0.3) is 0 Å². The molecule has 0 atom stereocenters. The van der Waals surface area contributed by atoms with Crippen LogP contribution in [-0.2, 0) is 11.3 Å². The second-order valence-corrected chi connectivity index (χ2v) is 6.45. The zero-order chi connectivity index (χ0) is 17.9. The van der Waals surface area contributed by atoms with Gasteiger partial charge in [0.1, 0.15) is 12.3 Å². The highest BCUT2D eigenvalue weighted by atomic mass is 19.4. The minimum Gasteiger partial charge on any atom is -0.508 e. The number of benzene rings is 1. The van der Waals surface area contributed by atoms with E-state index in [9.17, 15) is 23.1 Å². The maximum Gasteiger partial charge on any atom is 0.405 e. The molecule has 1 fully saturated rings. The number of hydrogen-bond donors (Lipinski definition) is 2. The van der Waals surface area contributed by atoms with Gasteiger partial charge in [0.15, 0.2) is 0 Å². The van der Waals surface area contributed by atoms with Crippen molar-refractivity contribution in [3.05, 3.63) is 28.8 Å². The molecular formula is C17H23F3N2O2. The van der Waals surface area contributed by atoms with E-state index in [4.69, 9.17) is 0 Å². The van der Waals surface area contributed by atoms with Crippen molar-refractivity contribution in [1.82, 2.24) is 10.2 Å². The predicted octanol–water partition coefficient (Wildman–Crippen LogP) is 2.90. The van der Waals surface area contributed by atoms with Crippen LogP contribution in [0.15, 0.2) is 12.1 Å². The third kappa shape index (κ3) is 5.12. The predicted molar refractivity (Wildman–Crippen MR) is 84.6 cm³/mol. The number of alkyl halides is 3. The van der Waals surface area contributed by atoms with Crippen LogP contribution in [0.1, 0.15) is 29.5 Å². The van der Waals surface area contributed by atoms with E-state index in [1.165, 1.54) is 0 Å². The van der Waals surface area contributed by atoms with E-state index in [2.05, 4.69) is 4.90 Å². The van der Waals surface area contributed by atoms with Crippen molar-refractivity contribution >= 4 is 5.91 Å². The number of aromatic hydroxyl groups is 1. The van der Waals surface area contributed by atoms with Crippen LogP contribution in [0.4, 0.5) is 13.2 Å². The molecule has 1 aromatic carbocycles. The molecule has 24 heavy (non-hydrogen) atoms. The zero-order valence-corrected chi connectivity index (χ0v) is 13.9. The minimum atomic E-state index is -4.38. The Morgan fingerprint density at radius 3 is 2.42 bits per heavy atom. The van der Waals surface area contributed by atoms with Crippen LogP contribution >= 0.6 is 0 Å². The molecule has 1 aliphatic heterocycles. The number of nitrogens with one attached hydrogen (secondary N) is 1. The number of carbonyl (C=O) groups excluding carboxylic acids is 1. The maximum absolute atomic E-state index is 12.1. The van der Waals surface area contributed by atoms with E-state index >= 15 is 0 Å². The van der Waals surface area contributed by atoms with Crippen molar-refractivity contribution in [1.29, 1.82) is 0 Å². The lowest BCUT2D eigenvalue weighted by Crippen LogP contribution is -2.42. The van der Waals surface area contributed by atoms with Gasteiger partial charge in [0.25, 0.3) is 0 Å². The maximum atomic E-state index is 12.1. The summed E-state index contributed by atoms with van der Waals surface area (Å²) in [5, 5.41) is 12.0. The molecule has 2 N–H and O–H groups in total. The highest BCUT2D eigenvalue weighted by molar-refractivity contribution is 5.78. The van der Waals surface area contributed by atoms with E-state index in [-0.39, 0.29) is 11.7 Å². The van der Waals surface area contributed by atoms with Crippen molar-refractivity contribution in [2.45, 2.75) is 39.4 Å². The van der Waals surface area contributed by atoms with E-state index in [1.54, 1.807) is 6.07 Å². The summed E-state index contributed by atoms with van der Waals surface area (Å²) in [4.78, 5) is 13.9. The fourth-order valence-electron chi connectivity index (χ4n) is 2.91. The van der Waals surface area contributed by atoms with Gasteiger partial charge in [0.05, 0.1) is 0 Å². The van der Waals surface area contributed by atoms with Crippen molar-refractivity contribution in [3.8, 4) is 5.75 Å². The summed E-state index contributed by atoms with van der Waals surface area (Å²) in [5.74, 6) is -0.652. The number of phenols is 1. The van der Waals surface area contributed by atoms with Crippen molar-refractivity contribution < 1.29 is 23.1 Å². The zero-order valence-electron chi connectivity index (χ0n) is 13.9. The molecule has 1 aliphatic rings. The topological polar surface area (TPSA) is 52.6 Å². The van der Waals surface area contributed by atoms with E-state index in [0.717, 1.165) is 16.7 Å². The number of rotatable bonds is 4. The molecule has 7 heteroatoms. The summed E-state index contributed by atoms with van der Waals surface area (Å²) in [6.07, 6.45) is -3.33. The molecule has 1 heterocycles. The van der Waals surface area contributed by atoms with Gasteiger partial charge in [-0.05, 0) is 57.0 Å². The average Bonchev–Trinajstić information content (AvgIpc) is 2.50. The first-order valence-corrected chi connectivity index (χ1v) is 8.01. The first kappa shape index (κ1) is 18.6. The summed E-state index contributed by atoms with van der Waals surface area (Å²) in [6.45, 7) is 4.46. The number of piperidine rings is 1. The minimum absolute atomic E-state index is 0.253. The molecule has 134 valence electrons.